The van der Waals surface area contributed by atoms with Gasteiger partial charge in [0.05, 0.1) is 11.1 Å². The van der Waals surface area contributed by atoms with Crippen LogP contribution in [-0.4, -0.2) is 36.5 Å². The van der Waals surface area contributed by atoms with E-state index in [-0.39, 0.29) is 4.90 Å². The predicted octanol–water partition coefficient (Wildman–Crippen LogP) is 1.08. The Kier molecular flexibility index (Phi) is 5.29. The Hall–Kier alpha value is -1.93. The minimum atomic E-state index is -3.38. The molecule has 0 atom stereocenters. The average molecular weight is 309 g/mol. The second-order valence-corrected chi connectivity index (χ2v) is 6.24. The molecule has 2 N–H and O–H groups in total. The standard InChI is InChI=1S/C13H19N5O2S/c1-2-16-21(19,20)13-6-4-12(5-7-13)14-8-3-10-18-11-9-15-17-18/h4-7,9,11,14,16H,2-3,8,10H2,1H3. The maximum Gasteiger partial charge on any atom is 0.240 e. The molecule has 0 radical (unpaired) electrons. The maximum atomic E-state index is 11.8. The molecule has 8 heteroatoms. The molecule has 0 unspecified atom stereocenters. The second kappa shape index (κ2) is 7.19. The molecule has 1 heterocycles. The van der Waals surface area contributed by atoms with Crippen molar-refractivity contribution >= 4 is 15.7 Å². The van der Waals surface area contributed by atoms with E-state index in [0.29, 0.717) is 6.54 Å². The molecular formula is C13H19N5O2S. The van der Waals surface area contributed by atoms with Gasteiger partial charge in [-0.2, -0.15) is 0 Å². The second-order valence-electron chi connectivity index (χ2n) is 4.47. The van der Waals surface area contributed by atoms with E-state index < -0.39 is 10.0 Å². The number of aryl methyl sites for hydroxylation is 1. The molecular weight excluding hydrogens is 290 g/mol. The van der Waals surface area contributed by atoms with Crippen molar-refractivity contribution in [3.63, 3.8) is 0 Å². The van der Waals surface area contributed by atoms with Crippen LogP contribution in [0.15, 0.2) is 41.6 Å². The summed E-state index contributed by atoms with van der Waals surface area (Å²) < 4.78 is 27.8. The number of sulfonamides is 1. The van der Waals surface area contributed by atoms with E-state index in [0.717, 1.165) is 25.2 Å². The third-order valence-corrected chi connectivity index (χ3v) is 4.43. The summed E-state index contributed by atoms with van der Waals surface area (Å²) in [5.74, 6) is 0. The molecule has 0 fully saturated rings. The zero-order valence-electron chi connectivity index (χ0n) is 11.9. The highest BCUT2D eigenvalue weighted by Crippen LogP contribution is 2.13. The molecule has 7 nitrogen and oxygen atoms in total. The normalized spacial score (nSPS) is 11.5. The number of benzene rings is 1. The minimum Gasteiger partial charge on any atom is -0.385 e. The summed E-state index contributed by atoms with van der Waals surface area (Å²) in [6, 6.07) is 6.72. The van der Waals surface area contributed by atoms with Crippen LogP contribution in [0.25, 0.3) is 0 Å². The van der Waals surface area contributed by atoms with E-state index >= 15 is 0 Å². The first-order valence-corrected chi connectivity index (χ1v) is 8.28. The molecule has 21 heavy (non-hydrogen) atoms. The first-order chi connectivity index (χ1) is 10.1. The maximum absolute atomic E-state index is 11.8. The van der Waals surface area contributed by atoms with Crippen LogP contribution in [-0.2, 0) is 16.6 Å². The summed E-state index contributed by atoms with van der Waals surface area (Å²) in [4.78, 5) is 0.275. The van der Waals surface area contributed by atoms with Gasteiger partial charge in [0.2, 0.25) is 10.0 Å². The van der Waals surface area contributed by atoms with Gasteiger partial charge in [-0.15, -0.1) is 5.10 Å². The van der Waals surface area contributed by atoms with Gasteiger partial charge in [-0.3, -0.25) is 4.68 Å². The van der Waals surface area contributed by atoms with Crippen LogP contribution in [0.2, 0.25) is 0 Å². The van der Waals surface area contributed by atoms with Crippen molar-refractivity contribution in [2.75, 3.05) is 18.4 Å². The van der Waals surface area contributed by atoms with Crippen LogP contribution in [0.1, 0.15) is 13.3 Å². The fourth-order valence-corrected chi connectivity index (χ4v) is 2.89. The fraction of sp³-hybridized carbons (Fsp3) is 0.385. The van der Waals surface area contributed by atoms with E-state index in [9.17, 15) is 8.42 Å². The molecule has 2 rings (SSSR count). The van der Waals surface area contributed by atoms with Crippen molar-refractivity contribution < 1.29 is 8.42 Å². The van der Waals surface area contributed by atoms with E-state index in [2.05, 4.69) is 20.4 Å². The lowest BCUT2D eigenvalue weighted by Gasteiger charge is -2.08. The van der Waals surface area contributed by atoms with Gasteiger partial charge >= 0.3 is 0 Å². The molecule has 0 bridgehead atoms. The van der Waals surface area contributed by atoms with Gasteiger partial charge in [-0.25, -0.2) is 13.1 Å². The molecule has 0 saturated heterocycles. The molecule has 1 aromatic heterocycles. The summed E-state index contributed by atoms with van der Waals surface area (Å²) in [6.45, 7) is 3.70. The Labute approximate surface area is 124 Å². The Bertz CT molecular complexity index is 638. The molecule has 0 aliphatic heterocycles. The van der Waals surface area contributed by atoms with Gasteiger partial charge in [-0.1, -0.05) is 12.1 Å². The number of nitrogens with zero attached hydrogens (tertiary/aromatic N) is 3. The summed E-state index contributed by atoms with van der Waals surface area (Å²) in [6.07, 6.45) is 4.37. The third kappa shape index (κ3) is 4.54. The van der Waals surface area contributed by atoms with Crippen LogP contribution in [0.4, 0.5) is 5.69 Å². The van der Waals surface area contributed by atoms with Crippen molar-refractivity contribution in [2.45, 2.75) is 24.8 Å². The van der Waals surface area contributed by atoms with Crippen LogP contribution >= 0.6 is 0 Å². The van der Waals surface area contributed by atoms with Crippen molar-refractivity contribution in [3.05, 3.63) is 36.7 Å². The van der Waals surface area contributed by atoms with Gasteiger partial charge in [0.1, 0.15) is 0 Å². The Morgan fingerprint density at radius 1 is 1.24 bits per heavy atom. The topological polar surface area (TPSA) is 88.9 Å². The van der Waals surface area contributed by atoms with Crippen LogP contribution in [0, 0.1) is 0 Å². The molecule has 2 aromatic rings. The number of anilines is 1. The highest BCUT2D eigenvalue weighted by molar-refractivity contribution is 7.89. The SMILES string of the molecule is CCNS(=O)(=O)c1ccc(NCCCn2ccnn2)cc1. The molecule has 0 spiro atoms. The summed E-state index contributed by atoms with van der Waals surface area (Å²) >= 11 is 0. The predicted molar refractivity (Wildman–Crippen MR) is 80.4 cm³/mol. The first kappa shape index (κ1) is 15.5. The van der Waals surface area contributed by atoms with E-state index in [1.807, 2.05) is 6.20 Å². The van der Waals surface area contributed by atoms with E-state index in [1.54, 1.807) is 42.1 Å². The molecule has 0 aliphatic rings. The first-order valence-electron chi connectivity index (χ1n) is 6.79. The number of rotatable bonds is 8. The molecule has 114 valence electrons. The van der Waals surface area contributed by atoms with Gasteiger partial charge in [0, 0.05) is 31.5 Å². The summed E-state index contributed by atoms with van der Waals surface area (Å²) in [7, 11) is -3.38. The Morgan fingerprint density at radius 3 is 2.62 bits per heavy atom. The lowest BCUT2D eigenvalue weighted by molar-refractivity contribution is 0.570. The zero-order valence-corrected chi connectivity index (χ0v) is 12.7. The van der Waals surface area contributed by atoms with Gasteiger partial charge < -0.3 is 5.32 Å². The van der Waals surface area contributed by atoms with E-state index in [4.69, 9.17) is 0 Å². The highest BCUT2D eigenvalue weighted by atomic mass is 32.2. The van der Waals surface area contributed by atoms with Crippen LogP contribution in [0.5, 0.6) is 0 Å². The van der Waals surface area contributed by atoms with Crippen molar-refractivity contribution in [2.24, 2.45) is 0 Å². The number of hydrogen-bond donors (Lipinski definition) is 2. The molecule has 1 aromatic carbocycles. The quantitative estimate of drug-likeness (QED) is 0.712. The molecule has 0 saturated carbocycles. The third-order valence-electron chi connectivity index (χ3n) is 2.86. The monoisotopic (exact) mass is 309 g/mol. The summed E-state index contributed by atoms with van der Waals surface area (Å²) in [5.41, 5.74) is 0.893. The fourth-order valence-electron chi connectivity index (χ4n) is 1.85. The van der Waals surface area contributed by atoms with Crippen molar-refractivity contribution in [3.8, 4) is 0 Å². The number of nitrogens with one attached hydrogen (secondary N) is 2. The summed E-state index contributed by atoms with van der Waals surface area (Å²) in [5, 5.41) is 10.9. The molecule has 0 amide bonds. The van der Waals surface area contributed by atoms with Gasteiger partial charge in [0.15, 0.2) is 0 Å². The highest BCUT2D eigenvalue weighted by Gasteiger charge is 2.11. The lowest BCUT2D eigenvalue weighted by Crippen LogP contribution is -2.23. The van der Waals surface area contributed by atoms with Crippen molar-refractivity contribution in [1.29, 1.82) is 0 Å². The van der Waals surface area contributed by atoms with Crippen LogP contribution < -0.4 is 10.0 Å². The Balaban J connectivity index is 1.82. The largest absolute Gasteiger partial charge is 0.385 e. The minimum absolute atomic E-state index is 0.275. The van der Waals surface area contributed by atoms with Gasteiger partial charge in [-0.05, 0) is 30.7 Å². The number of hydrogen-bond acceptors (Lipinski definition) is 5. The lowest BCUT2D eigenvalue weighted by atomic mass is 10.3. The van der Waals surface area contributed by atoms with Gasteiger partial charge in [0.25, 0.3) is 0 Å². The smallest absolute Gasteiger partial charge is 0.240 e. The Morgan fingerprint density at radius 2 is 2.00 bits per heavy atom. The average Bonchev–Trinajstić information content (AvgIpc) is 2.97. The number of aromatic nitrogens is 3. The van der Waals surface area contributed by atoms with E-state index in [1.165, 1.54) is 0 Å². The molecule has 0 aliphatic carbocycles. The zero-order chi connectivity index (χ0) is 15.1. The van der Waals surface area contributed by atoms with Crippen LogP contribution in [0.3, 0.4) is 0 Å². The van der Waals surface area contributed by atoms with Crippen molar-refractivity contribution in [1.82, 2.24) is 19.7 Å².